The Morgan fingerprint density at radius 3 is 2.40 bits per heavy atom. The normalized spacial score (nSPS) is 9.84. The molecular formula is C17H16N4O3S. The summed E-state index contributed by atoms with van der Waals surface area (Å²) >= 11 is 1.24. The van der Waals surface area contributed by atoms with Crippen molar-refractivity contribution >= 4 is 23.2 Å². The van der Waals surface area contributed by atoms with E-state index in [4.69, 9.17) is 15.3 Å². The molecule has 0 N–H and O–H groups in total. The van der Waals surface area contributed by atoms with Crippen LogP contribution in [0, 0.1) is 22.7 Å². The van der Waals surface area contributed by atoms with E-state index in [0.29, 0.717) is 10.6 Å². The smallest absolute Gasteiger partial charge is 0.350 e. The van der Waals surface area contributed by atoms with E-state index in [0.717, 1.165) is 0 Å². The maximum absolute atomic E-state index is 12.3. The van der Waals surface area contributed by atoms with Crippen LogP contribution in [0.2, 0.25) is 0 Å². The largest absolute Gasteiger partial charge is 0.451 e. The Hall–Kier alpha value is -3.10. The molecule has 25 heavy (non-hydrogen) atoms. The van der Waals surface area contributed by atoms with Crippen LogP contribution in [0.25, 0.3) is 5.69 Å². The highest BCUT2D eigenvalue weighted by Crippen LogP contribution is 2.22. The van der Waals surface area contributed by atoms with Crippen molar-refractivity contribution in [1.82, 2.24) is 9.47 Å². The number of ether oxygens (including phenoxy) is 1. The number of rotatable bonds is 8. The lowest BCUT2D eigenvalue weighted by Crippen LogP contribution is -2.36. The third-order valence-corrected chi connectivity index (χ3v) is 4.26. The molecule has 0 atom stereocenters. The minimum Gasteiger partial charge on any atom is -0.451 e. The number of nitrogens with zero attached hydrogens (tertiary/aromatic N) is 4. The summed E-state index contributed by atoms with van der Waals surface area (Å²) in [5.41, 5.74) is 0.693. The first-order valence-corrected chi connectivity index (χ1v) is 8.45. The van der Waals surface area contributed by atoms with Crippen molar-refractivity contribution in [2.75, 3.05) is 19.7 Å². The molecule has 0 aliphatic carbocycles. The summed E-state index contributed by atoms with van der Waals surface area (Å²) < 4.78 is 6.92. The van der Waals surface area contributed by atoms with Gasteiger partial charge in [-0.05, 0) is 23.6 Å². The van der Waals surface area contributed by atoms with E-state index >= 15 is 0 Å². The van der Waals surface area contributed by atoms with Gasteiger partial charge in [-0.25, -0.2) is 4.79 Å². The lowest BCUT2D eigenvalue weighted by atomic mass is 10.3. The first-order chi connectivity index (χ1) is 12.2. The highest BCUT2D eigenvalue weighted by Gasteiger charge is 2.19. The Bertz CT molecular complexity index is 781. The van der Waals surface area contributed by atoms with Crippen LogP contribution in [0.5, 0.6) is 0 Å². The Balaban J connectivity index is 1.97. The van der Waals surface area contributed by atoms with Crippen molar-refractivity contribution in [2.24, 2.45) is 0 Å². The van der Waals surface area contributed by atoms with E-state index in [1.807, 2.05) is 36.7 Å². The van der Waals surface area contributed by atoms with Gasteiger partial charge in [-0.2, -0.15) is 10.5 Å². The highest BCUT2D eigenvalue weighted by molar-refractivity contribution is 7.12. The van der Waals surface area contributed by atoms with Gasteiger partial charge >= 0.3 is 5.97 Å². The molecule has 0 saturated carbocycles. The third kappa shape index (κ3) is 4.93. The number of carbonyl (C=O) groups excluding carboxylic acids is 2. The van der Waals surface area contributed by atoms with Gasteiger partial charge in [0.1, 0.15) is 4.88 Å². The van der Waals surface area contributed by atoms with Gasteiger partial charge < -0.3 is 14.2 Å². The summed E-state index contributed by atoms with van der Waals surface area (Å²) in [6.07, 6.45) is 3.95. The number of amides is 1. The molecule has 2 rings (SSSR count). The number of nitriles is 2. The Morgan fingerprint density at radius 2 is 1.80 bits per heavy atom. The van der Waals surface area contributed by atoms with Crippen molar-refractivity contribution in [1.29, 1.82) is 10.5 Å². The molecule has 0 spiro atoms. The fourth-order valence-corrected chi connectivity index (χ4v) is 2.95. The molecule has 7 nitrogen and oxygen atoms in total. The molecule has 2 aromatic heterocycles. The molecule has 128 valence electrons. The van der Waals surface area contributed by atoms with E-state index < -0.39 is 18.5 Å². The van der Waals surface area contributed by atoms with Gasteiger partial charge in [-0.15, -0.1) is 11.3 Å². The second kappa shape index (κ2) is 9.26. The zero-order valence-electron chi connectivity index (χ0n) is 13.4. The number of esters is 1. The molecule has 0 unspecified atom stereocenters. The maximum atomic E-state index is 12.3. The van der Waals surface area contributed by atoms with Crippen LogP contribution in [0.1, 0.15) is 22.5 Å². The molecule has 0 aromatic carbocycles. The van der Waals surface area contributed by atoms with E-state index in [2.05, 4.69) is 0 Å². The molecule has 2 heterocycles. The minimum atomic E-state index is -0.576. The Labute approximate surface area is 149 Å². The van der Waals surface area contributed by atoms with Gasteiger partial charge in [0.15, 0.2) is 6.61 Å². The predicted molar refractivity (Wildman–Crippen MR) is 91.0 cm³/mol. The van der Waals surface area contributed by atoms with Crippen LogP contribution in [-0.4, -0.2) is 41.0 Å². The Morgan fingerprint density at radius 1 is 1.16 bits per heavy atom. The highest BCUT2D eigenvalue weighted by atomic mass is 32.1. The van der Waals surface area contributed by atoms with Crippen molar-refractivity contribution < 1.29 is 14.3 Å². The van der Waals surface area contributed by atoms with Crippen LogP contribution in [0.15, 0.2) is 36.0 Å². The van der Waals surface area contributed by atoms with Crippen LogP contribution < -0.4 is 0 Å². The first-order valence-electron chi connectivity index (χ1n) is 7.57. The Kier molecular flexibility index (Phi) is 6.76. The third-order valence-electron chi connectivity index (χ3n) is 3.38. The zero-order valence-corrected chi connectivity index (χ0v) is 14.2. The number of thiophene rings is 1. The van der Waals surface area contributed by atoms with E-state index in [9.17, 15) is 9.59 Å². The van der Waals surface area contributed by atoms with E-state index in [1.165, 1.54) is 16.2 Å². The second-order valence-electron chi connectivity index (χ2n) is 5.00. The second-order valence-corrected chi connectivity index (χ2v) is 5.91. The van der Waals surface area contributed by atoms with E-state index in [1.54, 1.807) is 16.0 Å². The predicted octanol–water partition coefficient (Wildman–Crippen LogP) is 2.35. The molecular weight excluding hydrogens is 340 g/mol. The zero-order chi connectivity index (χ0) is 18.1. The van der Waals surface area contributed by atoms with Crippen molar-refractivity contribution in [3.63, 3.8) is 0 Å². The van der Waals surface area contributed by atoms with Crippen molar-refractivity contribution in [3.05, 3.63) is 40.8 Å². The summed E-state index contributed by atoms with van der Waals surface area (Å²) in [5.74, 6) is -0.995. The molecule has 0 aliphatic heterocycles. The minimum absolute atomic E-state index is 0.161. The molecule has 0 saturated heterocycles. The molecule has 0 fully saturated rings. The van der Waals surface area contributed by atoms with Crippen LogP contribution in [0.3, 0.4) is 0 Å². The quantitative estimate of drug-likeness (QED) is 0.676. The van der Waals surface area contributed by atoms with Crippen LogP contribution in [0.4, 0.5) is 0 Å². The SMILES string of the molecule is N#CCCN(CCC#N)C(=O)COC(=O)c1sccc1-n1cccc1. The first kappa shape index (κ1) is 18.2. The van der Waals surface area contributed by atoms with Gasteiger partial charge in [0.2, 0.25) is 0 Å². The topological polar surface area (TPSA) is 99.1 Å². The average Bonchev–Trinajstić information content (AvgIpc) is 3.30. The number of hydrogen-bond donors (Lipinski definition) is 0. The van der Waals surface area contributed by atoms with E-state index in [-0.39, 0.29) is 25.9 Å². The standard InChI is InChI=1S/C17H16N4O3S/c18-6-3-10-21(11-4-7-19)15(22)13-24-17(23)16-14(5-12-25-16)20-8-1-2-9-20/h1-2,5,8-9,12H,3-4,10-11,13H2. The monoisotopic (exact) mass is 356 g/mol. The number of aromatic nitrogens is 1. The summed E-state index contributed by atoms with van der Waals surface area (Å²) in [6.45, 7) is 0.00305. The summed E-state index contributed by atoms with van der Waals surface area (Å²) in [5, 5.41) is 19.1. The van der Waals surface area contributed by atoms with Gasteiger partial charge in [-0.1, -0.05) is 0 Å². The maximum Gasteiger partial charge on any atom is 0.350 e. The molecule has 1 amide bonds. The fourth-order valence-electron chi connectivity index (χ4n) is 2.17. The average molecular weight is 356 g/mol. The van der Waals surface area contributed by atoms with Gasteiger partial charge in [0, 0.05) is 25.5 Å². The number of carbonyl (C=O) groups is 2. The van der Waals surface area contributed by atoms with Crippen LogP contribution in [-0.2, 0) is 9.53 Å². The van der Waals surface area contributed by atoms with Crippen molar-refractivity contribution in [3.8, 4) is 17.8 Å². The van der Waals surface area contributed by atoms with Gasteiger partial charge in [-0.3, -0.25) is 4.79 Å². The van der Waals surface area contributed by atoms with Crippen LogP contribution >= 0.6 is 11.3 Å². The lowest BCUT2D eigenvalue weighted by Gasteiger charge is -2.20. The summed E-state index contributed by atoms with van der Waals surface area (Å²) in [4.78, 5) is 26.2. The molecule has 8 heteroatoms. The van der Waals surface area contributed by atoms with Gasteiger partial charge in [0.25, 0.3) is 5.91 Å². The summed E-state index contributed by atoms with van der Waals surface area (Å²) in [6, 6.07) is 9.40. The summed E-state index contributed by atoms with van der Waals surface area (Å²) in [7, 11) is 0. The number of hydrogen-bond acceptors (Lipinski definition) is 6. The molecule has 0 radical (unpaired) electrons. The fraction of sp³-hybridized carbons (Fsp3) is 0.294. The molecule has 0 bridgehead atoms. The molecule has 2 aromatic rings. The lowest BCUT2D eigenvalue weighted by molar-refractivity contribution is -0.134. The van der Waals surface area contributed by atoms with Crippen molar-refractivity contribution in [2.45, 2.75) is 12.8 Å². The van der Waals surface area contributed by atoms with Gasteiger partial charge in [0.05, 0.1) is 30.7 Å². The molecule has 0 aliphatic rings.